The van der Waals surface area contributed by atoms with E-state index in [-0.39, 0.29) is 0 Å². The Hall–Kier alpha value is -0.900. The second kappa shape index (κ2) is 6.88. The zero-order valence-corrected chi connectivity index (χ0v) is 11.3. The fourth-order valence-corrected chi connectivity index (χ4v) is 2.95. The molecule has 1 aliphatic rings. The molecule has 0 radical (unpaired) electrons. The normalized spacial score (nSPS) is 25.2. The number of nitrogens with one attached hydrogen (secondary N) is 1. The minimum Gasteiger partial charge on any atom is -0.329 e. The molecule has 3 N–H and O–H groups in total. The van der Waals surface area contributed by atoms with Gasteiger partial charge < -0.3 is 16.0 Å². The van der Waals surface area contributed by atoms with E-state index in [9.17, 15) is 0 Å². The highest BCUT2D eigenvalue weighted by molar-refractivity contribution is 5.21. The largest absolute Gasteiger partial charge is 0.329 e. The molecule has 1 aliphatic heterocycles. The lowest BCUT2D eigenvalue weighted by Gasteiger charge is -2.37. The summed E-state index contributed by atoms with van der Waals surface area (Å²) in [5.74, 6) is 1.38. The van der Waals surface area contributed by atoms with Crippen LogP contribution in [0.5, 0.6) is 0 Å². The summed E-state index contributed by atoms with van der Waals surface area (Å²) in [6.45, 7) is 5.09. The standard InChI is InChI=1S/C15H25N3/c1-18-10-7-15(13-5-3-2-4-6-13)14(12-18)11-17-9-8-16/h2-6,14-15,17H,7-12,16H2,1H3/t14-,15+/m1/s1. The Balaban J connectivity index is 2.01. The van der Waals surface area contributed by atoms with Gasteiger partial charge in [-0.05, 0) is 44.0 Å². The Morgan fingerprint density at radius 2 is 2.11 bits per heavy atom. The topological polar surface area (TPSA) is 41.3 Å². The summed E-state index contributed by atoms with van der Waals surface area (Å²) in [4.78, 5) is 2.44. The Morgan fingerprint density at radius 3 is 2.83 bits per heavy atom. The molecular weight excluding hydrogens is 222 g/mol. The molecular formula is C15H25N3. The van der Waals surface area contributed by atoms with E-state index in [2.05, 4.69) is 47.6 Å². The Bertz CT molecular complexity index is 339. The molecule has 0 saturated carbocycles. The van der Waals surface area contributed by atoms with Crippen LogP contribution < -0.4 is 11.1 Å². The molecule has 1 fully saturated rings. The number of nitrogens with zero attached hydrogens (tertiary/aromatic N) is 1. The second-order valence-electron chi connectivity index (χ2n) is 5.32. The van der Waals surface area contributed by atoms with Crippen LogP contribution in [0.15, 0.2) is 30.3 Å². The number of rotatable bonds is 5. The van der Waals surface area contributed by atoms with Crippen LogP contribution in [-0.4, -0.2) is 44.7 Å². The van der Waals surface area contributed by atoms with Crippen LogP contribution in [0.1, 0.15) is 17.9 Å². The van der Waals surface area contributed by atoms with E-state index in [1.165, 1.54) is 25.1 Å². The smallest absolute Gasteiger partial charge is 0.00746 e. The van der Waals surface area contributed by atoms with Crippen molar-refractivity contribution in [2.24, 2.45) is 11.7 Å². The third kappa shape index (κ3) is 3.55. The van der Waals surface area contributed by atoms with Crippen molar-refractivity contribution < 1.29 is 0 Å². The molecule has 3 heteroatoms. The van der Waals surface area contributed by atoms with Crippen molar-refractivity contribution in [2.45, 2.75) is 12.3 Å². The lowest BCUT2D eigenvalue weighted by molar-refractivity contribution is 0.181. The van der Waals surface area contributed by atoms with Crippen molar-refractivity contribution in [2.75, 3.05) is 39.8 Å². The van der Waals surface area contributed by atoms with Gasteiger partial charge in [-0.25, -0.2) is 0 Å². The van der Waals surface area contributed by atoms with Gasteiger partial charge in [-0.3, -0.25) is 0 Å². The van der Waals surface area contributed by atoms with E-state index < -0.39 is 0 Å². The lowest BCUT2D eigenvalue weighted by atomic mass is 9.80. The maximum Gasteiger partial charge on any atom is 0.00746 e. The molecule has 0 bridgehead atoms. The highest BCUT2D eigenvalue weighted by Gasteiger charge is 2.28. The average molecular weight is 247 g/mol. The van der Waals surface area contributed by atoms with Crippen LogP contribution in [0, 0.1) is 5.92 Å². The maximum atomic E-state index is 5.54. The Morgan fingerprint density at radius 1 is 1.33 bits per heavy atom. The predicted octanol–water partition coefficient (Wildman–Crippen LogP) is 1.27. The van der Waals surface area contributed by atoms with Gasteiger partial charge in [-0.2, -0.15) is 0 Å². The predicted molar refractivity (Wildman–Crippen MR) is 76.7 cm³/mol. The summed E-state index contributed by atoms with van der Waals surface area (Å²) in [5, 5.41) is 3.47. The minimum absolute atomic E-state index is 0.688. The fraction of sp³-hybridized carbons (Fsp3) is 0.600. The summed E-state index contributed by atoms with van der Waals surface area (Å²) in [5.41, 5.74) is 7.04. The highest BCUT2D eigenvalue weighted by Crippen LogP contribution is 2.31. The summed E-state index contributed by atoms with van der Waals surface area (Å²) in [7, 11) is 2.22. The molecule has 18 heavy (non-hydrogen) atoms. The van der Waals surface area contributed by atoms with Crippen LogP contribution >= 0.6 is 0 Å². The summed E-state index contributed by atoms with van der Waals surface area (Å²) >= 11 is 0. The van der Waals surface area contributed by atoms with Gasteiger partial charge in [0.05, 0.1) is 0 Å². The van der Waals surface area contributed by atoms with Gasteiger partial charge in [0.25, 0.3) is 0 Å². The third-order valence-electron chi connectivity index (χ3n) is 3.89. The maximum absolute atomic E-state index is 5.54. The number of benzene rings is 1. The van der Waals surface area contributed by atoms with Crippen molar-refractivity contribution in [1.82, 2.24) is 10.2 Å². The quantitative estimate of drug-likeness (QED) is 0.770. The molecule has 1 saturated heterocycles. The van der Waals surface area contributed by atoms with Gasteiger partial charge in [0, 0.05) is 19.6 Å². The van der Waals surface area contributed by atoms with Crippen LogP contribution in [-0.2, 0) is 0 Å². The number of hydrogen-bond acceptors (Lipinski definition) is 3. The van der Waals surface area contributed by atoms with E-state index in [1.54, 1.807) is 0 Å². The summed E-state index contributed by atoms with van der Waals surface area (Å²) in [6.07, 6.45) is 1.26. The highest BCUT2D eigenvalue weighted by atomic mass is 15.1. The number of hydrogen-bond donors (Lipinski definition) is 2. The number of piperidine rings is 1. The Kier molecular flexibility index (Phi) is 5.17. The number of likely N-dealkylation sites (tertiary alicyclic amines) is 1. The van der Waals surface area contributed by atoms with E-state index in [4.69, 9.17) is 5.73 Å². The third-order valence-corrected chi connectivity index (χ3v) is 3.89. The lowest BCUT2D eigenvalue weighted by Crippen LogP contribution is -2.42. The molecule has 2 atom stereocenters. The first-order chi connectivity index (χ1) is 8.81. The molecule has 1 heterocycles. The molecule has 0 unspecified atom stereocenters. The van der Waals surface area contributed by atoms with Crippen molar-refractivity contribution in [3.8, 4) is 0 Å². The van der Waals surface area contributed by atoms with Crippen LogP contribution in [0.3, 0.4) is 0 Å². The first-order valence-corrected chi connectivity index (χ1v) is 6.95. The molecule has 0 spiro atoms. The van der Waals surface area contributed by atoms with E-state index in [0.717, 1.165) is 19.6 Å². The molecule has 1 aromatic rings. The van der Waals surface area contributed by atoms with Gasteiger partial charge in [0.2, 0.25) is 0 Å². The van der Waals surface area contributed by atoms with Crippen LogP contribution in [0.4, 0.5) is 0 Å². The van der Waals surface area contributed by atoms with Crippen molar-refractivity contribution in [3.63, 3.8) is 0 Å². The first kappa shape index (κ1) is 13.5. The van der Waals surface area contributed by atoms with Crippen LogP contribution in [0.2, 0.25) is 0 Å². The van der Waals surface area contributed by atoms with Crippen LogP contribution in [0.25, 0.3) is 0 Å². The number of nitrogens with two attached hydrogens (primary N) is 1. The van der Waals surface area contributed by atoms with Gasteiger partial charge in [-0.15, -0.1) is 0 Å². The molecule has 1 aromatic carbocycles. The zero-order valence-electron chi connectivity index (χ0n) is 11.3. The minimum atomic E-state index is 0.688. The molecule has 0 amide bonds. The average Bonchev–Trinajstić information content (AvgIpc) is 2.40. The van der Waals surface area contributed by atoms with Gasteiger partial charge >= 0.3 is 0 Å². The van der Waals surface area contributed by atoms with Crippen molar-refractivity contribution in [1.29, 1.82) is 0 Å². The molecule has 100 valence electrons. The van der Waals surface area contributed by atoms with Gasteiger partial charge in [0.1, 0.15) is 0 Å². The van der Waals surface area contributed by atoms with E-state index >= 15 is 0 Å². The van der Waals surface area contributed by atoms with Crippen molar-refractivity contribution in [3.05, 3.63) is 35.9 Å². The molecule has 0 aliphatic carbocycles. The summed E-state index contributed by atoms with van der Waals surface area (Å²) in [6, 6.07) is 10.9. The monoisotopic (exact) mass is 247 g/mol. The summed E-state index contributed by atoms with van der Waals surface area (Å²) < 4.78 is 0. The van der Waals surface area contributed by atoms with E-state index in [1.807, 2.05) is 0 Å². The first-order valence-electron chi connectivity index (χ1n) is 6.95. The zero-order chi connectivity index (χ0) is 12.8. The second-order valence-corrected chi connectivity index (χ2v) is 5.32. The van der Waals surface area contributed by atoms with Gasteiger partial charge in [-0.1, -0.05) is 30.3 Å². The fourth-order valence-electron chi connectivity index (χ4n) is 2.95. The SMILES string of the molecule is CN1CC[C@@H](c2ccccc2)[C@H](CNCCN)C1. The molecule has 2 rings (SSSR count). The van der Waals surface area contributed by atoms with Gasteiger partial charge in [0.15, 0.2) is 0 Å². The van der Waals surface area contributed by atoms with E-state index in [0.29, 0.717) is 11.8 Å². The molecule has 0 aromatic heterocycles. The van der Waals surface area contributed by atoms with Crippen molar-refractivity contribution >= 4 is 0 Å². The molecule has 3 nitrogen and oxygen atoms in total. The Labute approximate surface area is 110 Å².